The Morgan fingerprint density at radius 2 is 1.95 bits per heavy atom. The number of amides is 1. The van der Waals surface area contributed by atoms with Crippen LogP contribution >= 0.6 is 0 Å². The van der Waals surface area contributed by atoms with Gasteiger partial charge in [0.05, 0.1) is 11.3 Å². The van der Waals surface area contributed by atoms with Crippen molar-refractivity contribution in [3.05, 3.63) is 63.3 Å². The van der Waals surface area contributed by atoms with Gasteiger partial charge in [-0.25, -0.2) is 9.18 Å². The molecule has 0 aliphatic heterocycles. The van der Waals surface area contributed by atoms with E-state index in [-0.39, 0.29) is 16.8 Å². The molecule has 6 nitrogen and oxygen atoms in total. The molecule has 0 atom stereocenters. The summed E-state index contributed by atoms with van der Waals surface area (Å²) in [5.74, 6) is -2.83. The van der Waals surface area contributed by atoms with Gasteiger partial charge in [0.15, 0.2) is 5.43 Å². The Labute approximate surface area is 118 Å². The molecule has 108 valence electrons. The number of aromatic carboxylic acids is 1. The van der Waals surface area contributed by atoms with Gasteiger partial charge < -0.3 is 15.4 Å². The van der Waals surface area contributed by atoms with Crippen molar-refractivity contribution in [2.24, 2.45) is 0 Å². The van der Waals surface area contributed by atoms with E-state index in [1.165, 1.54) is 12.3 Å². The maximum atomic E-state index is 13.2. The molecule has 1 aromatic carbocycles. The van der Waals surface area contributed by atoms with Gasteiger partial charge in [0.1, 0.15) is 11.4 Å². The van der Waals surface area contributed by atoms with Gasteiger partial charge in [0, 0.05) is 18.0 Å². The third-order valence-corrected chi connectivity index (χ3v) is 2.76. The summed E-state index contributed by atoms with van der Waals surface area (Å²) in [4.78, 5) is 37.4. The molecule has 0 saturated heterocycles. The summed E-state index contributed by atoms with van der Waals surface area (Å²) in [5.41, 5.74) is -0.618. The van der Waals surface area contributed by atoms with E-state index >= 15 is 0 Å². The Bertz CT molecular complexity index is 783. The van der Waals surface area contributed by atoms with E-state index in [9.17, 15) is 18.8 Å². The number of rotatable bonds is 3. The normalized spacial score (nSPS) is 10.2. The highest BCUT2D eigenvalue weighted by molar-refractivity contribution is 6.07. The lowest BCUT2D eigenvalue weighted by molar-refractivity contribution is 0.0698. The number of aromatic amines is 1. The average molecular weight is 290 g/mol. The molecule has 0 unspecified atom stereocenters. The van der Waals surface area contributed by atoms with E-state index < -0.39 is 23.1 Å². The number of carbonyl (C=O) groups is 2. The average Bonchev–Trinajstić information content (AvgIpc) is 2.37. The number of hydrogen-bond acceptors (Lipinski definition) is 3. The number of hydrogen-bond donors (Lipinski definition) is 3. The molecule has 0 spiro atoms. The summed E-state index contributed by atoms with van der Waals surface area (Å²) in [6, 6.07) is 4.12. The van der Waals surface area contributed by atoms with Crippen LogP contribution in [0.3, 0.4) is 0 Å². The molecule has 1 heterocycles. The van der Waals surface area contributed by atoms with E-state index in [2.05, 4.69) is 10.3 Å². The van der Waals surface area contributed by atoms with Crippen LogP contribution in [0, 0.1) is 12.7 Å². The van der Waals surface area contributed by atoms with E-state index in [0.717, 1.165) is 18.2 Å². The van der Waals surface area contributed by atoms with Gasteiger partial charge in [-0.15, -0.1) is 0 Å². The monoisotopic (exact) mass is 290 g/mol. The maximum Gasteiger partial charge on any atom is 0.337 e. The molecule has 1 aromatic heterocycles. The number of carboxylic acids is 1. The number of carbonyl (C=O) groups excluding carboxylic acids is 1. The lowest BCUT2D eigenvalue weighted by atomic mass is 10.1. The highest BCUT2D eigenvalue weighted by Crippen LogP contribution is 2.18. The molecular weight excluding hydrogens is 279 g/mol. The summed E-state index contributed by atoms with van der Waals surface area (Å²) in [6.07, 6.45) is 1.22. The van der Waals surface area contributed by atoms with Crippen LogP contribution in [-0.4, -0.2) is 22.0 Å². The third-order valence-electron chi connectivity index (χ3n) is 2.76. The molecule has 0 bridgehead atoms. The predicted octanol–water partition coefficient (Wildman–Crippen LogP) is 1.77. The first-order chi connectivity index (χ1) is 9.88. The lowest BCUT2D eigenvalue weighted by Gasteiger charge is -2.08. The Kier molecular flexibility index (Phi) is 3.84. The van der Waals surface area contributed by atoms with Crippen LogP contribution < -0.4 is 10.7 Å². The van der Waals surface area contributed by atoms with Crippen molar-refractivity contribution in [2.45, 2.75) is 6.92 Å². The topological polar surface area (TPSA) is 99.3 Å². The van der Waals surface area contributed by atoms with Crippen molar-refractivity contribution in [1.29, 1.82) is 0 Å². The number of benzene rings is 1. The summed E-state index contributed by atoms with van der Waals surface area (Å²) in [5, 5.41) is 11.2. The number of carboxylic acid groups (broad SMARTS) is 1. The number of nitrogens with one attached hydrogen (secondary N) is 2. The fourth-order valence-electron chi connectivity index (χ4n) is 1.75. The molecular formula is C14H11FN2O4. The smallest absolute Gasteiger partial charge is 0.337 e. The quantitative estimate of drug-likeness (QED) is 0.802. The highest BCUT2D eigenvalue weighted by atomic mass is 19.1. The van der Waals surface area contributed by atoms with E-state index in [1.54, 1.807) is 6.92 Å². The largest absolute Gasteiger partial charge is 0.478 e. The second-order valence-electron chi connectivity index (χ2n) is 4.34. The van der Waals surface area contributed by atoms with Crippen LogP contribution in [0.1, 0.15) is 26.4 Å². The Hall–Kier alpha value is -2.96. The number of anilines is 1. The molecule has 2 aromatic rings. The molecule has 21 heavy (non-hydrogen) atoms. The second-order valence-corrected chi connectivity index (χ2v) is 4.34. The molecule has 3 N–H and O–H groups in total. The van der Waals surface area contributed by atoms with Gasteiger partial charge in [-0.3, -0.25) is 9.59 Å². The Morgan fingerprint density at radius 3 is 2.57 bits per heavy atom. The number of pyridine rings is 1. The zero-order valence-electron chi connectivity index (χ0n) is 10.9. The fraction of sp³-hybridized carbons (Fsp3) is 0.0714. The molecule has 1 amide bonds. The minimum atomic E-state index is -1.32. The summed E-state index contributed by atoms with van der Waals surface area (Å²) in [7, 11) is 0. The predicted molar refractivity (Wildman–Crippen MR) is 73.1 cm³/mol. The first-order valence-electron chi connectivity index (χ1n) is 5.92. The van der Waals surface area contributed by atoms with Crippen molar-refractivity contribution in [3.63, 3.8) is 0 Å². The minimum Gasteiger partial charge on any atom is -0.478 e. The van der Waals surface area contributed by atoms with Crippen LogP contribution in [0.2, 0.25) is 0 Å². The van der Waals surface area contributed by atoms with Gasteiger partial charge in [-0.1, -0.05) is 0 Å². The zero-order chi connectivity index (χ0) is 15.6. The van der Waals surface area contributed by atoms with Gasteiger partial charge in [0.25, 0.3) is 5.91 Å². The fourth-order valence-corrected chi connectivity index (χ4v) is 1.75. The number of H-pyrrole nitrogens is 1. The molecule has 0 aliphatic carbocycles. The summed E-state index contributed by atoms with van der Waals surface area (Å²) in [6.45, 7) is 1.65. The molecule has 0 fully saturated rings. The van der Waals surface area contributed by atoms with Crippen molar-refractivity contribution in [1.82, 2.24) is 4.98 Å². The minimum absolute atomic E-state index is 0.193. The zero-order valence-corrected chi connectivity index (χ0v) is 10.9. The van der Waals surface area contributed by atoms with E-state index in [4.69, 9.17) is 5.11 Å². The van der Waals surface area contributed by atoms with Crippen LogP contribution in [0.4, 0.5) is 10.1 Å². The SMILES string of the molecule is Cc1cc(=O)c(C(=O)Nc2cc(F)ccc2C(=O)O)c[nH]1. The first kappa shape index (κ1) is 14.4. The van der Waals surface area contributed by atoms with Crippen LogP contribution in [0.5, 0.6) is 0 Å². The van der Waals surface area contributed by atoms with Crippen molar-refractivity contribution in [2.75, 3.05) is 5.32 Å². The van der Waals surface area contributed by atoms with E-state index in [1.807, 2.05) is 0 Å². The standard InChI is InChI=1S/C14H11FN2O4/c1-7-4-12(18)10(6-16-7)13(19)17-11-5-8(15)2-3-9(11)14(20)21/h2-6H,1H3,(H,16,18)(H,17,19)(H,20,21). The highest BCUT2D eigenvalue weighted by Gasteiger charge is 2.16. The second kappa shape index (κ2) is 5.58. The molecule has 0 aliphatic rings. The third kappa shape index (κ3) is 3.14. The van der Waals surface area contributed by atoms with Crippen LogP contribution in [0.15, 0.2) is 35.3 Å². The maximum absolute atomic E-state index is 13.2. The van der Waals surface area contributed by atoms with Crippen molar-refractivity contribution < 1.29 is 19.1 Å². The lowest BCUT2D eigenvalue weighted by Crippen LogP contribution is -2.22. The van der Waals surface area contributed by atoms with Gasteiger partial charge in [-0.2, -0.15) is 0 Å². The van der Waals surface area contributed by atoms with Crippen molar-refractivity contribution in [3.8, 4) is 0 Å². The Morgan fingerprint density at radius 1 is 1.24 bits per heavy atom. The van der Waals surface area contributed by atoms with E-state index in [0.29, 0.717) is 5.69 Å². The summed E-state index contributed by atoms with van der Waals surface area (Å²) >= 11 is 0. The van der Waals surface area contributed by atoms with Gasteiger partial charge in [-0.05, 0) is 25.1 Å². The summed E-state index contributed by atoms with van der Waals surface area (Å²) < 4.78 is 13.2. The number of aryl methyl sites for hydroxylation is 1. The first-order valence-corrected chi connectivity index (χ1v) is 5.92. The number of halogens is 1. The van der Waals surface area contributed by atoms with Crippen molar-refractivity contribution >= 4 is 17.6 Å². The van der Waals surface area contributed by atoms with Gasteiger partial charge in [0.2, 0.25) is 0 Å². The molecule has 7 heteroatoms. The molecule has 0 radical (unpaired) electrons. The number of aromatic nitrogens is 1. The van der Waals surface area contributed by atoms with Gasteiger partial charge >= 0.3 is 5.97 Å². The molecule has 0 saturated carbocycles. The molecule has 2 rings (SSSR count). The Balaban J connectivity index is 2.38. The van der Waals surface area contributed by atoms with Crippen LogP contribution in [-0.2, 0) is 0 Å². The van der Waals surface area contributed by atoms with Crippen LogP contribution in [0.25, 0.3) is 0 Å².